The quantitative estimate of drug-likeness (QED) is 0.770. The molecule has 0 aliphatic rings. The number of hydrogen-bond donors (Lipinski definition) is 1. The maximum atomic E-state index is 12.8. The second-order valence-corrected chi connectivity index (χ2v) is 6.76. The number of aromatic nitrogens is 1. The molecule has 136 valence electrons. The fourth-order valence-corrected chi connectivity index (χ4v) is 3.19. The maximum absolute atomic E-state index is 12.8. The average Bonchev–Trinajstić information content (AvgIpc) is 2.96. The lowest BCUT2D eigenvalue weighted by Crippen LogP contribution is -2.28. The topological polar surface area (TPSA) is 51.2 Å². The summed E-state index contributed by atoms with van der Waals surface area (Å²) < 4.78 is 43.5. The Bertz CT molecular complexity index is 745. The molecule has 1 aromatic heterocycles. The Morgan fingerprint density at radius 1 is 1.44 bits per heavy atom. The molecule has 9 heteroatoms. The number of nitrogens with zero attached hydrogens (tertiary/aromatic N) is 1. The molecule has 0 fully saturated rings. The van der Waals surface area contributed by atoms with E-state index in [0.29, 0.717) is 22.0 Å². The summed E-state index contributed by atoms with van der Waals surface area (Å²) in [5.41, 5.74) is -0.405. The summed E-state index contributed by atoms with van der Waals surface area (Å²) in [5.74, 6) is -0.317. The highest BCUT2D eigenvalue weighted by atomic mass is 35.5. The zero-order chi connectivity index (χ0) is 18.6. The molecule has 1 unspecified atom stereocenters. The highest BCUT2D eigenvalue weighted by Crippen LogP contribution is 2.33. The number of halogens is 4. The second kappa shape index (κ2) is 8.16. The normalized spacial score (nSPS) is 12.9. The predicted molar refractivity (Wildman–Crippen MR) is 91.1 cm³/mol. The third kappa shape index (κ3) is 5.17. The Morgan fingerprint density at radius 3 is 2.76 bits per heavy atom. The minimum atomic E-state index is -4.43. The first-order valence-electron chi connectivity index (χ1n) is 7.38. The van der Waals surface area contributed by atoms with Crippen LogP contribution in [0.25, 0.3) is 0 Å². The number of benzene rings is 1. The highest BCUT2D eigenvalue weighted by Gasteiger charge is 2.31. The van der Waals surface area contributed by atoms with Gasteiger partial charge in [-0.05, 0) is 30.2 Å². The summed E-state index contributed by atoms with van der Waals surface area (Å²) in [4.78, 5) is 16.7. The lowest BCUT2D eigenvalue weighted by atomic mass is 10.1. The molecule has 0 spiro atoms. The van der Waals surface area contributed by atoms with Gasteiger partial charge >= 0.3 is 6.18 Å². The van der Waals surface area contributed by atoms with Crippen LogP contribution in [0.4, 0.5) is 18.3 Å². The van der Waals surface area contributed by atoms with Gasteiger partial charge in [-0.25, -0.2) is 4.98 Å². The third-order valence-corrected chi connectivity index (χ3v) is 4.75. The van der Waals surface area contributed by atoms with Gasteiger partial charge in [0.15, 0.2) is 5.13 Å². The summed E-state index contributed by atoms with van der Waals surface area (Å²) in [6.07, 6.45) is -2.80. The van der Waals surface area contributed by atoms with E-state index in [1.54, 1.807) is 0 Å². The van der Waals surface area contributed by atoms with Crippen LogP contribution < -0.4 is 5.32 Å². The molecule has 0 bridgehead atoms. The number of anilines is 1. The van der Waals surface area contributed by atoms with E-state index in [0.717, 1.165) is 12.1 Å². The van der Waals surface area contributed by atoms with Crippen molar-refractivity contribution in [3.05, 3.63) is 45.4 Å². The Balaban J connectivity index is 2.12. The standard InChI is InChI=1S/C16H16ClF3N2O2S/c1-3-13(24-2)14(23)22-15-21-8-11(25-15)7-9-6-10(16(18,19)20)4-5-12(9)17/h4-6,8,13H,3,7H2,1-2H3,(H,21,22,23). The summed E-state index contributed by atoms with van der Waals surface area (Å²) >= 11 is 7.18. The number of carbonyl (C=O) groups excluding carboxylic acids is 1. The van der Waals surface area contributed by atoms with Crippen molar-refractivity contribution >= 4 is 34.0 Å². The van der Waals surface area contributed by atoms with Crippen LogP contribution in [0.2, 0.25) is 5.02 Å². The number of methoxy groups -OCH3 is 1. The van der Waals surface area contributed by atoms with Crippen LogP contribution in [-0.2, 0) is 22.1 Å². The van der Waals surface area contributed by atoms with E-state index in [1.807, 2.05) is 6.92 Å². The van der Waals surface area contributed by atoms with Crippen LogP contribution in [0, 0.1) is 0 Å². The minimum Gasteiger partial charge on any atom is -0.372 e. The monoisotopic (exact) mass is 392 g/mol. The minimum absolute atomic E-state index is 0.192. The molecular weight excluding hydrogens is 377 g/mol. The van der Waals surface area contributed by atoms with Crippen LogP contribution in [0.5, 0.6) is 0 Å². The van der Waals surface area contributed by atoms with Crippen LogP contribution in [0.1, 0.15) is 29.3 Å². The number of alkyl halides is 3. The largest absolute Gasteiger partial charge is 0.416 e. The van der Waals surface area contributed by atoms with E-state index in [1.165, 1.54) is 30.7 Å². The highest BCUT2D eigenvalue weighted by molar-refractivity contribution is 7.15. The molecule has 1 aromatic carbocycles. The molecule has 0 aliphatic heterocycles. The van der Waals surface area contributed by atoms with Crippen molar-refractivity contribution in [2.24, 2.45) is 0 Å². The molecule has 0 saturated heterocycles. The lowest BCUT2D eigenvalue weighted by Gasteiger charge is -2.11. The molecule has 2 rings (SSSR count). The van der Waals surface area contributed by atoms with E-state index < -0.39 is 17.8 Å². The molecule has 1 amide bonds. The Morgan fingerprint density at radius 2 is 2.16 bits per heavy atom. The van der Waals surface area contributed by atoms with Gasteiger partial charge in [0.25, 0.3) is 5.91 Å². The molecule has 1 heterocycles. The van der Waals surface area contributed by atoms with Crippen molar-refractivity contribution in [1.29, 1.82) is 0 Å². The number of nitrogens with one attached hydrogen (secondary N) is 1. The van der Waals surface area contributed by atoms with Crippen molar-refractivity contribution in [3.63, 3.8) is 0 Å². The van der Waals surface area contributed by atoms with Crippen LogP contribution in [0.15, 0.2) is 24.4 Å². The van der Waals surface area contributed by atoms with E-state index in [-0.39, 0.29) is 17.4 Å². The SMILES string of the molecule is CCC(OC)C(=O)Nc1ncc(Cc2cc(C(F)(F)F)ccc2Cl)s1. The van der Waals surface area contributed by atoms with Crippen LogP contribution in [0.3, 0.4) is 0 Å². The van der Waals surface area contributed by atoms with Gasteiger partial charge in [0.2, 0.25) is 0 Å². The summed E-state index contributed by atoms with van der Waals surface area (Å²) in [6.45, 7) is 1.82. The Kier molecular flexibility index (Phi) is 6.42. The number of ether oxygens (including phenoxy) is 1. The summed E-state index contributed by atoms with van der Waals surface area (Å²) in [7, 11) is 1.44. The zero-order valence-electron chi connectivity index (χ0n) is 13.5. The molecule has 4 nitrogen and oxygen atoms in total. The number of carbonyl (C=O) groups is 1. The van der Waals surface area contributed by atoms with E-state index in [2.05, 4.69) is 10.3 Å². The molecule has 0 radical (unpaired) electrons. The average molecular weight is 393 g/mol. The van der Waals surface area contributed by atoms with Crippen LogP contribution in [-0.4, -0.2) is 24.1 Å². The van der Waals surface area contributed by atoms with E-state index in [9.17, 15) is 18.0 Å². The van der Waals surface area contributed by atoms with Crippen molar-refractivity contribution in [2.75, 3.05) is 12.4 Å². The molecule has 0 aliphatic carbocycles. The van der Waals surface area contributed by atoms with Crippen LogP contribution >= 0.6 is 22.9 Å². The van der Waals surface area contributed by atoms with Gasteiger partial charge in [0.05, 0.1) is 5.56 Å². The van der Waals surface area contributed by atoms with Gasteiger partial charge in [0, 0.05) is 29.6 Å². The first kappa shape index (κ1) is 19.7. The number of thiazole rings is 1. The van der Waals surface area contributed by atoms with Gasteiger partial charge in [-0.2, -0.15) is 13.2 Å². The molecule has 2 aromatic rings. The van der Waals surface area contributed by atoms with Gasteiger partial charge in [0.1, 0.15) is 6.10 Å². The van der Waals surface area contributed by atoms with Crippen molar-refractivity contribution in [3.8, 4) is 0 Å². The smallest absolute Gasteiger partial charge is 0.372 e. The third-order valence-electron chi connectivity index (χ3n) is 3.47. The fourth-order valence-electron chi connectivity index (χ4n) is 2.17. The first-order valence-corrected chi connectivity index (χ1v) is 8.58. The predicted octanol–water partition coefficient (Wildman–Crippen LogP) is 4.77. The van der Waals surface area contributed by atoms with Gasteiger partial charge < -0.3 is 4.74 Å². The number of hydrogen-bond acceptors (Lipinski definition) is 4. The molecule has 1 atom stereocenters. The molecular formula is C16H16ClF3N2O2S. The molecule has 1 N–H and O–H groups in total. The van der Waals surface area contributed by atoms with E-state index >= 15 is 0 Å². The summed E-state index contributed by atoms with van der Waals surface area (Å²) in [6, 6.07) is 3.20. The van der Waals surface area contributed by atoms with Crippen molar-refractivity contribution in [1.82, 2.24) is 4.98 Å². The van der Waals surface area contributed by atoms with Gasteiger partial charge in [-0.1, -0.05) is 18.5 Å². The summed E-state index contributed by atoms with van der Waals surface area (Å²) in [5, 5.41) is 3.24. The second-order valence-electron chi connectivity index (χ2n) is 5.23. The Labute approximate surface area is 152 Å². The van der Waals surface area contributed by atoms with Gasteiger partial charge in [-0.15, -0.1) is 11.3 Å². The van der Waals surface area contributed by atoms with E-state index in [4.69, 9.17) is 16.3 Å². The lowest BCUT2D eigenvalue weighted by molar-refractivity contribution is -0.137. The maximum Gasteiger partial charge on any atom is 0.416 e. The first-order chi connectivity index (χ1) is 11.7. The van der Waals surface area contributed by atoms with Crippen molar-refractivity contribution < 1.29 is 22.7 Å². The molecule has 25 heavy (non-hydrogen) atoms. The number of rotatable bonds is 6. The van der Waals surface area contributed by atoms with Gasteiger partial charge in [-0.3, -0.25) is 10.1 Å². The fraction of sp³-hybridized carbons (Fsp3) is 0.375. The zero-order valence-corrected chi connectivity index (χ0v) is 15.1. The number of amides is 1. The Hall–Kier alpha value is -1.64. The van der Waals surface area contributed by atoms with Crippen molar-refractivity contribution in [2.45, 2.75) is 32.0 Å². The molecule has 0 saturated carbocycles.